The van der Waals surface area contributed by atoms with Gasteiger partial charge in [-0.15, -0.1) is 4.72 Å². The molecule has 7 heteroatoms. The lowest BCUT2D eigenvalue weighted by molar-refractivity contribution is -0.148. The molecule has 1 N–H and O–H groups in total. The van der Waals surface area contributed by atoms with Gasteiger partial charge in [-0.3, -0.25) is 4.90 Å². The van der Waals surface area contributed by atoms with Crippen LogP contribution in [0.15, 0.2) is 0 Å². The van der Waals surface area contributed by atoms with E-state index in [0.29, 0.717) is 25.9 Å². The van der Waals surface area contributed by atoms with Gasteiger partial charge in [-0.1, -0.05) is 0 Å². The van der Waals surface area contributed by atoms with Crippen LogP contribution >= 0.6 is 0 Å². The lowest BCUT2D eigenvalue weighted by Crippen LogP contribution is -2.49. The van der Waals surface area contributed by atoms with Gasteiger partial charge in [-0.2, -0.15) is 13.2 Å². The summed E-state index contributed by atoms with van der Waals surface area (Å²) in [5.41, 5.74) is 0. The van der Waals surface area contributed by atoms with Crippen LogP contribution in [0.1, 0.15) is 40.5 Å². The van der Waals surface area contributed by atoms with Crippen LogP contribution in [0.25, 0.3) is 0 Å². The molecule has 2 atom stereocenters. The van der Waals surface area contributed by atoms with Crippen LogP contribution in [0, 0.1) is 5.92 Å². The summed E-state index contributed by atoms with van der Waals surface area (Å²) < 4.78 is 51.7. The standard InChI is InChI=1S/C13H25F3N2OS/c1-10(17-20(19)12(2,3)4)11-5-7-18(8-6-11)9-13(14,15)16/h10-11,17H,5-9H2,1-4H3. The van der Waals surface area contributed by atoms with Crippen molar-refractivity contribution in [2.24, 2.45) is 5.92 Å². The van der Waals surface area contributed by atoms with Crippen LogP contribution in [-0.4, -0.2) is 46.1 Å². The molecule has 0 aromatic rings. The average molecular weight is 314 g/mol. The maximum Gasteiger partial charge on any atom is 0.401 e. The molecule has 0 spiro atoms. The molecule has 0 aromatic carbocycles. The van der Waals surface area contributed by atoms with Crippen LogP contribution in [-0.2, 0) is 11.4 Å². The summed E-state index contributed by atoms with van der Waals surface area (Å²) >= 11 is -1.14. The maximum absolute atomic E-state index is 12.3. The van der Waals surface area contributed by atoms with Crippen LogP contribution in [0.3, 0.4) is 0 Å². The van der Waals surface area contributed by atoms with Crippen LogP contribution in [0.4, 0.5) is 13.2 Å². The van der Waals surface area contributed by atoms with E-state index in [1.54, 1.807) is 0 Å². The Balaban J connectivity index is 2.38. The Kier molecular flexibility index (Phi) is 6.19. The van der Waals surface area contributed by atoms with E-state index in [1.165, 1.54) is 4.90 Å². The van der Waals surface area contributed by atoms with Gasteiger partial charge >= 0.3 is 6.18 Å². The Bertz CT molecular complexity index is 299. The normalized spacial score (nSPS) is 22.8. The van der Waals surface area contributed by atoms with Crippen molar-refractivity contribution in [1.29, 1.82) is 0 Å². The molecule has 1 rings (SSSR count). The SMILES string of the molecule is CC(N[S+]([O-])C(C)(C)C)C1CCN(CC(F)(F)F)CC1. The minimum absolute atomic E-state index is 0.0584. The largest absolute Gasteiger partial charge is 0.598 e. The number of halogens is 3. The van der Waals surface area contributed by atoms with E-state index in [9.17, 15) is 17.7 Å². The topological polar surface area (TPSA) is 38.3 Å². The first-order valence-corrected chi connectivity index (χ1v) is 8.11. The Morgan fingerprint density at radius 3 is 2.15 bits per heavy atom. The zero-order chi connectivity index (χ0) is 15.6. The summed E-state index contributed by atoms with van der Waals surface area (Å²) in [7, 11) is 0. The van der Waals surface area contributed by atoms with Crippen molar-refractivity contribution >= 4 is 11.4 Å². The second kappa shape index (κ2) is 6.85. The van der Waals surface area contributed by atoms with E-state index in [4.69, 9.17) is 0 Å². The summed E-state index contributed by atoms with van der Waals surface area (Å²) in [6.07, 6.45) is -2.69. The zero-order valence-electron chi connectivity index (χ0n) is 12.6. The molecule has 0 amide bonds. The first-order valence-electron chi connectivity index (χ1n) is 6.96. The fourth-order valence-electron chi connectivity index (χ4n) is 2.31. The molecule has 2 unspecified atom stereocenters. The van der Waals surface area contributed by atoms with Gasteiger partial charge in [0.25, 0.3) is 0 Å². The highest BCUT2D eigenvalue weighted by Crippen LogP contribution is 2.25. The van der Waals surface area contributed by atoms with Crippen LogP contribution in [0.5, 0.6) is 0 Å². The Morgan fingerprint density at radius 1 is 1.25 bits per heavy atom. The van der Waals surface area contributed by atoms with Crippen molar-refractivity contribution in [1.82, 2.24) is 9.62 Å². The molecule has 20 heavy (non-hydrogen) atoms. The summed E-state index contributed by atoms with van der Waals surface area (Å²) in [5, 5.41) is 0. The van der Waals surface area contributed by atoms with Gasteiger partial charge in [0.05, 0.1) is 12.6 Å². The second-order valence-electron chi connectivity index (χ2n) is 6.52. The van der Waals surface area contributed by atoms with Crippen molar-refractivity contribution in [3.8, 4) is 0 Å². The number of hydrogen-bond donors (Lipinski definition) is 1. The molecule has 120 valence electrons. The highest BCUT2D eigenvalue weighted by Gasteiger charge is 2.35. The summed E-state index contributed by atoms with van der Waals surface area (Å²) in [6.45, 7) is 7.75. The van der Waals surface area contributed by atoms with E-state index >= 15 is 0 Å². The third kappa shape index (κ3) is 6.20. The molecule has 0 saturated carbocycles. The van der Waals surface area contributed by atoms with Crippen LogP contribution < -0.4 is 4.72 Å². The number of rotatable bonds is 4. The molecule has 0 bridgehead atoms. The molecule has 0 aromatic heterocycles. The molecule has 1 fully saturated rings. The van der Waals surface area contributed by atoms with Gasteiger partial charge in [0.1, 0.15) is 4.75 Å². The predicted molar refractivity (Wildman–Crippen MR) is 75.7 cm³/mol. The maximum atomic E-state index is 12.3. The van der Waals surface area contributed by atoms with Gasteiger partial charge in [-0.25, -0.2) is 0 Å². The van der Waals surface area contributed by atoms with Crippen molar-refractivity contribution < 1.29 is 17.7 Å². The number of alkyl halides is 3. The third-order valence-corrected chi connectivity index (χ3v) is 5.29. The summed E-state index contributed by atoms with van der Waals surface area (Å²) in [6, 6.07) is 0.0584. The second-order valence-corrected chi connectivity index (χ2v) is 8.51. The Morgan fingerprint density at radius 2 is 1.75 bits per heavy atom. The number of nitrogens with one attached hydrogen (secondary N) is 1. The van der Waals surface area contributed by atoms with Crippen LogP contribution in [0.2, 0.25) is 0 Å². The average Bonchev–Trinajstić information content (AvgIpc) is 2.26. The molecule has 0 aliphatic carbocycles. The van der Waals surface area contributed by atoms with E-state index in [2.05, 4.69) is 4.72 Å². The molecule has 3 nitrogen and oxygen atoms in total. The molecular formula is C13H25F3N2OS. The van der Waals surface area contributed by atoms with Gasteiger partial charge in [0, 0.05) is 11.4 Å². The van der Waals surface area contributed by atoms with Gasteiger partial charge in [-0.05, 0) is 59.5 Å². The monoisotopic (exact) mass is 314 g/mol. The number of piperidine rings is 1. The fourth-order valence-corrected chi connectivity index (χ4v) is 3.19. The Hall–Kier alpha value is 0.0200. The first kappa shape index (κ1) is 18.1. The van der Waals surface area contributed by atoms with Crippen molar-refractivity contribution in [2.45, 2.75) is 57.5 Å². The number of nitrogens with zero attached hydrogens (tertiary/aromatic N) is 1. The molecular weight excluding hydrogens is 289 g/mol. The lowest BCUT2D eigenvalue weighted by Gasteiger charge is -2.36. The van der Waals surface area contributed by atoms with Gasteiger partial charge in [0.2, 0.25) is 0 Å². The smallest absolute Gasteiger partial charge is 0.401 e. The highest BCUT2D eigenvalue weighted by molar-refractivity contribution is 7.90. The Labute approximate surface area is 122 Å². The van der Waals surface area contributed by atoms with Crippen molar-refractivity contribution in [3.63, 3.8) is 0 Å². The first-order chi connectivity index (χ1) is 8.99. The molecule has 1 heterocycles. The molecule has 1 saturated heterocycles. The quantitative estimate of drug-likeness (QED) is 0.811. The minimum atomic E-state index is -4.12. The predicted octanol–water partition coefficient (Wildman–Crippen LogP) is 2.70. The van der Waals surface area contributed by atoms with E-state index < -0.39 is 24.1 Å². The molecule has 1 aliphatic heterocycles. The minimum Gasteiger partial charge on any atom is -0.598 e. The highest BCUT2D eigenvalue weighted by atomic mass is 32.2. The number of hydrogen-bond acceptors (Lipinski definition) is 3. The summed E-state index contributed by atoms with van der Waals surface area (Å²) in [4.78, 5) is 1.45. The summed E-state index contributed by atoms with van der Waals surface area (Å²) in [5.74, 6) is 0.283. The van der Waals surface area contributed by atoms with Crippen molar-refractivity contribution in [3.05, 3.63) is 0 Å². The van der Waals surface area contributed by atoms with E-state index in [1.807, 2.05) is 27.7 Å². The van der Waals surface area contributed by atoms with Gasteiger partial charge < -0.3 is 4.55 Å². The van der Waals surface area contributed by atoms with Gasteiger partial charge in [0.15, 0.2) is 0 Å². The number of likely N-dealkylation sites (tertiary alicyclic amines) is 1. The zero-order valence-corrected chi connectivity index (χ0v) is 13.4. The van der Waals surface area contributed by atoms with E-state index in [-0.39, 0.29) is 16.7 Å². The third-order valence-electron chi connectivity index (χ3n) is 3.59. The van der Waals surface area contributed by atoms with Crippen molar-refractivity contribution in [2.75, 3.05) is 19.6 Å². The fraction of sp³-hybridized carbons (Fsp3) is 1.00. The lowest BCUT2D eigenvalue weighted by atomic mass is 9.91. The van der Waals surface area contributed by atoms with E-state index in [0.717, 1.165) is 0 Å². The molecule has 0 radical (unpaired) electrons. The molecule has 1 aliphatic rings.